The van der Waals surface area contributed by atoms with Gasteiger partial charge < -0.3 is 10.8 Å². The van der Waals surface area contributed by atoms with Gasteiger partial charge in [-0.3, -0.25) is 4.79 Å². The molecule has 0 aliphatic carbocycles. The largest absolute Gasteiger partial charge is 0.480 e. The Morgan fingerprint density at radius 2 is 2.35 bits per heavy atom. The van der Waals surface area contributed by atoms with E-state index in [0.717, 1.165) is 5.56 Å². The van der Waals surface area contributed by atoms with Crippen LogP contribution in [0.1, 0.15) is 19.4 Å². The van der Waals surface area contributed by atoms with E-state index in [9.17, 15) is 4.79 Å². The molecule has 0 fully saturated rings. The van der Waals surface area contributed by atoms with Crippen molar-refractivity contribution in [2.75, 3.05) is 0 Å². The van der Waals surface area contributed by atoms with E-state index in [1.807, 2.05) is 19.9 Å². The molecule has 17 heavy (non-hydrogen) atoms. The third kappa shape index (κ3) is 4.18. The van der Waals surface area contributed by atoms with Gasteiger partial charge >= 0.3 is 5.97 Å². The number of aliphatic carboxylic acids is 1. The van der Waals surface area contributed by atoms with Crippen LogP contribution in [0.4, 0.5) is 0 Å². The SMILES string of the molecule is CC(C)(SCc1ccnc(Cl)c1)[C@H](N)C(=O)O. The van der Waals surface area contributed by atoms with Gasteiger partial charge in [0.15, 0.2) is 0 Å². The average Bonchev–Trinajstić information content (AvgIpc) is 2.25. The van der Waals surface area contributed by atoms with Gasteiger partial charge in [0.05, 0.1) is 0 Å². The molecule has 0 bridgehead atoms. The van der Waals surface area contributed by atoms with Crippen LogP contribution in [-0.4, -0.2) is 26.8 Å². The second-order valence-electron chi connectivity index (χ2n) is 4.19. The molecule has 0 saturated heterocycles. The standard InChI is InChI=1S/C11H15ClN2O2S/c1-11(2,9(13)10(15)16)17-6-7-3-4-14-8(12)5-7/h3-5,9H,6,13H2,1-2H3,(H,15,16)/t9-/m1/s1. The number of thioether (sulfide) groups is 1. The first-order valence-electron chi connectivity index (χ1n) is 5.05. The van der Waals surface area contributed by atoms with E-state index in [4.69, 9.17) is 22.4 Å². The van der Waals surface area contributed by atoms with Gasteiger partial charge in [-0.1, -0.05) is 11.6 Å². The number of pyridine rings is 1. The quantitative estimate of drug-likeness (QED) is 0.805. The van der Waals surface area contributed by atoms with Gasteiger partial charge in [0.2, 0.25) is 0 Å². The zero-order valence-electron chi connectivity index (χ0n) is 9.68. The van der Waals surface area contributed by atoms with Crippen molar-refractivity contribution in [1.29, 1.82) is 0 Å². The van der Waals surface area contributed by atoms with E-state index >= 15 is 0 Å². The van der Waals surface area contributed by atoms with Crippen LogP contribution in [-0.2, 0) is 10.5 Å². The number of nitrogens with two attached hydrogens (primary N) is 1. The molecule has 0 aliphatic heterocycles. The van der Waals surface area contributed by atoms with Gasteiger partial charge in [-0.25, -0.2) is 4.98 Å². The highest BCUT2D eigenvalue weighted by molar-refractivity contribution is 7.99. The predicted molar refractivity (Wildman–Crippen MR) is 70.2 cm³/mol. The maximum atomic E-state index is 10.8. The fourth-order valence-electron chi connectivity index (χ4n) is 1.19. The molecule has 0 unspecified atom stereocenters. The molecule has 0 amide bonds. The summed E-state index contributed by atoms with van der Waals surface area (Å²) in [6.07, 6.45) is 1.63. The lowest BCUT2D eigenvalue weighted by Gasteiger charge is -2.27. The molecular weight excluding hydrogens is 260 g/mol. The number of halogens is 1. The Kier molecular flexibility index (Phi) is 4.80. The van der Waals surface area contributed by atoms with Crippen molar-refractivity contribution >= 4 is 29.3 Å². The third-order valence-corrected chi connectivity index (χ3v) is 4.10. The molecule has 4 nitrogen and oxygen atoms in total. The summed E-state index contributed by atoms with van der Waals surface area (Å²) < 4.78 is -0.540. The Morgan fingerprint density at radius 1 is 1.71 bits per heavy atom. The molecule has 1 aromatic rings. The first-order chi connectivity index (χ1) is 7.83. The summed E-state index contributed by atoms with van der Waals surface area (Å²) in [6, 6.07) is 2.71. The lowest BCUT2D eigenvalue weighted by molar-refractivity contribution is -0.139. The average molecular weight is 275 g/mol. The monoisotopic (exact) mass is 274 g/mol. The summed E-state index contributed by atoms with van der Waals surface area (Å²) in [5.74, 6) is -0.341. The van der Waals surface area contributed by atoms with Gasteiger partial charge in [-0.2, -0.15) is 0 Å². The minimum atomic E-state index is -0.990. The van der Waals surface area contributed by atoms with E-state index in [1.54, 1.807) is 12.3 Å². The van der Waals surface area contributed by atoms with Crippen LogP contribution in [0.3, 0.4) is 0 Å². The molecule has 1 heterocycles. The van der Waals surface area contributed by atoms with Crippen LogP contribution in [0.2, 0.25) is 5.15 Å². The highest BCUT2D eigenvalue weighted by Gasteiger charge is 2.32. The van der Waals surface area contributed by atoms with Crippen LogP contribution in [0, 0.1) is 0 Å². The molecule has 0 radical (unpaired) electrons. The Bertz CT molecular complexity index is 412. The van der Waals surface area contributed by atoms with Crippen molar-refractivity contribution in [2.45, 2.75) is 30.4 Å². The normalized spacial score (nSPS) is 13.4. The molecule has 0 aliphatic rings. The van der Waals surface area contributed by atoms with Crippen molar-refractivity contribution in [3.05, 3.63) is 29.0 Å². The molecule has 0 saturated carbocycles. The molecule has 0 spiro atoms. The van der Waals surface area contributed by atoms with Crippen LogP contribution < -0.4 is 5.73 Å². The molecular formula is C11H15ClN2O2S. The number of carboxylic acid groups (broad SMARTS) is 1. The Labute approximate surface area is 110 Å². The van der Waals surface area contributed by atoms with Crippen molar-refractivity contribution < 1.29 is 9.90 Å². The zero-order valence-corrected chi connectivity index (χ0v) is 11.3. The Hall–Kier alpha value is -0.780. The highest BCUT2D eigenvalue weighted by atomic mass is 35.5. The summed E-state index contributed by atoms with van der Waals surface area (Å²) in [4.78, 5) is 14.7. The number of carboxylic acids is 1. The van der Waals surface area contributed by atoms with E-state index in [2.05, 4.69) is 4.98 Å². The van der Waals surface area contributed by atoms with Crippen LogP contribution in [0.15, 0.2) is 18.3 Å². The van der Waals surface area contributed by atoms with Crippen LogP contribution in [0.25, 0.3) is 0 Å². The first kappa shape index (κ1) is 14.3. The predicted octanol–water partition coefficient (Wildman–Crippen LogP) is 2.16. The molecule has 6 heteroatoms. The fraction of sp³-hybridized carbons (Fsp3) is 0.455. The second-order valence-corrected chi connectivity index (χ2v) is 6.21. The van der Waals surface area contributed by atoms with E-state index < -0.39 is 16.8 Å². The van der Waals surface area contributed by atoms with Crippen molar-refractivity contribution in [3.63, 3.8) is 0 Å². The van der Waals surface area contributed by atoms with Crippen LogP contribution in [0.5, 0.6) is 0 Å². The Morgan fingerprint density at radius 3 is 2.88 bits per heavy atom. The maximum Gasteiger partial charge on any atom is 0.321 e. The summed E-state index contributed by atoms with van der Waals surface area (Å²) in [7, 11) is 0. The van der Waals surface area contributed by atoms with E-state index in [-0.39, 0.29) is 0 Å². The number of carbonyl (C=O) groups is 1. The lowest BCUT2D eigenvalue weighted by Crippen LogP contribution is -2.46. The summed E-state index contributed by atoms with van der Waals surface area (Å²) in [5.41, 5.74) is 6.63. The number of hydrogen-bond donors (Lipinski definition) is 2. The van der Waals surface area contributed by atoms with Crippen LogP contribution >= 0.6 is 23.4 Å². The molecule has 3 N–H and O–H groups in total. The van der Waals surface area contributed by atoms with Gasteiger partial charge in [-0.15, -0.1) is 11.8 Å². The van der Waals surface area contributed by atoms with Gasteiger partial charge in [0, 0.05) is 16.7 Å². The number of hydrogen-bond acceptors (Lipinski definition) is 4. The minimum Gasteiger partial charge on any atom is -0.480 e. The van der Waals surface area contributed by atoms with E-state index in [1.165, 1.54) is 11.8 Å². The lowest BCUT2D eigenvalue weighted by atomic mass is 10.1. The zero-order chi connectivity index (χ0) is 13.1. The topological polar surface area (TPSA) is 76.2 Å². The van der Waals surface area contributed by atoms with Crippen molar-refractivity contribution in [2.24, 2.45) is 5.73 Å². The van der Waals surface area contributed by atoms with Gasteiger partial charge in [0.1, 0.15) is 11.2 Å². The molecule has 1 aromatic heterocycles. The Balaban J connectivity index is 2.64. The minimum absolute atomic E-state index is 0.434. The van der Waals surface area contributed by atoms with Crippen molar-refractivity contribution in [1.82, 2.24) is 4.98 Å². The number of nitrogens with zero attached hydrogens (tertiary/aromatic N) is 1. The van der Waals surface area contributed by atoms with Crippen molar-refractivity contribution in [3.8, 4) is 0 Å². The fourth-order valence-corrected chi connectivity index (χ4v) is 2.38. The number of aromatic nitrogens is 1. The first-order valence-corrected chi connectivity index (χ1v) is 6.42. The summed E-state index contributed by atoms with van der Waals surface area (Å²) in [5, 5.41) is 9.32. The number of rotatable bonds is 5. The van der Waals surface area contributed by atoms with Gasteiger partial charge in [0.25, 0.3) is 0 Å². The second kappa shape index (κ2) is 5.71. The van der Waals surface area contributed by atoms with E-state index in [0.29, 0.717) is 10.9 Å². The highest BCUT2D eigenvalue weighted by Crippen LogP contribution is 2.30. The summed E-state index contributed by atoms with van der Waals surface area (Å²) in [6.45, 7) is 3.64. The van der Waals surface area contributed by atoms with Gasteiger partial charge in [-0.05, 0) is 31.5 Å². The molecule has 1 rings (SSSR count). The molecule has 0 aromatic carbocycles. The summed E-state index contributed by atoms with van der Waals surface area (Å²) >= 11 is 7.25. The molecule has 94 valence electrons. The molecule has 1 atom stereocenters. The maximum absolute atomic E-state index is 10.8. The third-order valence-electron chi connectivity index (χ3n) is 2.42. The smallest absolute Gasteiger partial charge is 0.321 e.